The van der Waals surface area contributed by atoms with Crippen LogP contribution in [0.2, 0.25) is 0 Å². The second-order valence-electron chi connectivity index (χ2n) is 6.78. The first-order valence-corrected chi connectivity index (χ1v) is 10.4. The summed E-state index contributed by atoms with van der Waals surface area (Å²) in [5.74, 6) is 0. The number of benzene rings is 1. The maximum atomic E-state index is 12.9. The molecular weight excluding hydrogens is 342 g/mol. The van der Waals surface area contributed by atoms with E-state index in [2.05, 4.69) is 5.32 Å². The number of piperazine rings is 1. The molecule has 1 aliphatic heterocycles. The number of hydrogen-bond donors (Lipinski definition) is 1. The first-order chi connectivity index (χ1) is 11.4. The summed E-state index contributed by atoms with van der Waals surface area (Å²) in [7, 11) is -3.41. The number of fused-ring (bicyclic) bond motifs is 1. The lowest BCUT2D eigenvalue weighted by Gasteiger charge is -2.36. The van der Waals surface area contributed by atoms with Gasteiger partial charge in [0.05, 0.1) is 4.90 Å². The van der Waals surface area contributed by atoms with Gasteiger partial charge < -0.3 is 10.2 Å². The van der Waals surface area contributed by atoms with Crippen LogP contribution < -0.4 is 5.32 Å². The SMILES string of the molecule is CC(C)NC(=S)N1CCN(S(=O)(=O)c2ccc3c(c2)CCC3)CC1. The highest BCUT2D eigenvalue weighted by Crippen LogP contribution is 2.26. The van der Waals surface area contributed by atoms with Gasteiger partial charge in [0.25, 0.3) is 0 Å². The first-order valence-electron chi connectivity index (χ1n) is 8.55. The van der Waals surface area contributed by atoms with Crippen LogP contribution in [0.1, 0.15) is 31.4 Å². The summed E-state index contributed by atoms with van der Waals surface area (Å²) in [6.07, 6.45) is 3.17. The normalized spacial score (nSPS) is 18.7. The molecule has 1 N–H and O–H groups in total. The molecule has 1 heterocycles. The van der Waals surface area contributed by atoms with Gasteiger partial charge in [0.15, 0.2) is 5.11 Å². The number of nitrogens with one attached hydrogen (secondary N) is 1. The molecule has 0 aromatic heterocycles. The van der Waals surface area contributed by atoms with E-state index in [0.717, 1.165) is 19.3 Å². The summed E-state index contributed by atoms with van der Waals surface area (Å²) < 4.78 is 27.4. The van der Waals surface area contributed by atoms with E-state index < -0.39 is 10.0 Å². The van der Waals surface area contributed by atoms with Crippen molar-refractivity contribution in [2.75, 3.05) is 26.2 Å². The Kier molecular flexibility index (Phi) is 5.13. The average molecular weight is 368 g/mol. The molecule has 132 valence electrons. The molecule has 2 aliphatic rings. The van der Waals surface area contributed by atoms with E-state index in [0.29, 0.717) is 36.2 Å². The minimum absolute atomic E-state index is 0.283. The van der Waals surface area contributed by atoms with Crippen LogP contribution >= 0.6 is 12.2 Å². The van der Waals surface area contributed by atoms with Gasteiger partial charge >= 0.3 is 0 Å². The topological polar surface area (TPSA) is 52.6 Å². The zero-order chi connectivity index (χ0) is 17.3. The lowest BCUT2D eigenvalue weighted by atomic mass is 10.1. The van der Waals surface area contributed by atoms with E-state index in [9.17, 15) is 8.42 Å². The Bertz CT molecular complexity index is 723. The van der Waals surface area contributed by atoms with Crippen molar-refractivity contribution < 1.29 is 8.42 Å². The Labute approximate surface area is 150 Å². The highest BCUT2D eigenvalue weighted by atomic mass is 32.2. The van der Waals surface area contributed by atoms with Crippen LogP contribution in [0, 0.1) is 0 Å². The fourth-order valence-corrected chi connectivity index (χ4v) is 5.22. The van der Waals surface area contributed by atoms with Crippen molar-refractivity contribution >= 4 is 27.4 Å². The molecule has 0 amide bonds. The van der Waals surface area contributed by atoms with Gasteiger partial charge in [-0.1, -0.05) is 6.07 Å². The largest absolute Gasteiger partial charge is 0.360 e. The average Bonchev–Trinajstić information content (AvgIpc) is 3.02. The van der Waals surface area contributed by atoms with E-state index >= 15 is 0 Å². The highest BCUT2D eigenvalue weighted by Gasteiger charge is 2.30. The molecule has 0 saturated carbocycles. The Morgan fingerprint density at radius 1 is 1.12 bits per heavy atom. The molecule has 0 bridgehead atoms. The number of aryl methyl sites for hydroxylation is 2. The second-order valence-corrected chi connectivity index (χ2v) is 9.10. The zero-order valence-electron chi connectivity index (χ0n) is 14.3. The number of thiocarbonyl (C=S) groups is 1. The molecule has 1 saturated heterocycles. The highest BCUT2D eigenvalue weighted by molar-refractivity contribution is 7.89. The molecule has 7 heteroatoms. The Hall–Kier alpha value is -1.18. The minimum atomic E-state index is -3.41. The lowest BCUT2D eigenvalue weighted by molar-refractivity contribution is 0.263. The van der Waals surface area contributed by atoms with Gasteiger partial charge in [-0.3, -0.25) is 0 Å². The van der Waals surface area contributed by atoms with Crippen molar-refractivity contribution in [3.8, 4) is 0 Å². The third-order valence-electron chi connectivity index (χ3n) is 4.65. The van der Waals surface area contributed by atoms with Crippen molar-refractivity contribution in [1.29, 1.82) is 0 Å². The molecule has 0 radical (unpaired) electrons. The van der Waals surface area contributed by atoms with Gasteiger partial charge in [0.1, 0.15) is 0 Å². The van der Waals surface area contributed by atoms with Crippen LogP contribution in [0.4, 0.5) is 0 Å². The molecule has 0 unspecified atom stereocenters. The summed E-state index contributed by atoms with van der Waals surface area (Å²) in [6, 6.07) is 5.89. The van der Waals surface area contributed by atoms with Crippen molar-refractivity contribution in [3.05, 3.63) is 29.3 Å². The monoisotopic (exact) mass is 367 g/mol. The maximum absolute atomic E-state index is 12.9. The predicted molar refractivity (Wildman–Crippen MR) is 99.7 cm³/mol. The zero-order valence-corrected chi connectivity index (χ0v) is 15.9. The molecular formula is C17H25N3O2S2. The number of rotatable bonds is 3. The van der Waals surface area contributed by atoms with Gasteiger partial charge in [-0.25, -0.2) is 8.42 Å². The number of sulfonamides is 1. The summed E-state index contributed by atoms with van der Waals surface area (Å²) in [6.45, 7) is 6.28. The van der Waals surface area contributed by atoms with Gasteiger partial charge in [-0.2, -0.15) is 4.31 Å². The summed E-state index contributed by atoms with van der Waals surface area (Å²) >= 11 is 5.38. The molecule has 1 aromatic carbocycles. The first kappa shape index (κ1) is 17.6. The standard InChI is InChI=1S/C17H25N3O2S2/c1-13(2)18-17(23)19-8-10-20(11-9-19)24(21,22)16-7-6-14-4-3-5-15(14)12-16/h6-7,12-13H,3-5,8-11H2,1-2H3,(H,18,23). The maximum Gasteiger partial charge on any atom is 0.243 e. The fraction of sp³-hybridized carbons (Fsp3) is 0.588. The summed E-state index contributed by atoms with van der Waals surface area (Å²) in [5.41, 5.74) is 2.49. The van der Waals surface area contributed by atoms with Crippen molar-refractivity contribution in [2.45, 2.75) is 44.0 Å². The fourth-order valence-electron chi connectivity index (χ4n) is 3.33. The van der Waals surface area contributed by atoms with E-state index in [4.69, 9.17) is 12.2 Å². The lowest BCUT2D eigenvalue weighted by Crippen LogP contribution is -2.53. The number of nitrogens with zero attached hydrogens (tertiary/aromatic N) is 2. The van der Waals surface area contributed by atoms with Gasteiger partial charge in [-0.05, 0) is 68.6 Å². The minimum Gasteiger partial charge on any atom is -0.360 e. The Morgan fingerprint density at radius 3 is 2.46 bits per heavy atom. The quantitative estimate of drug-likeness (QED) is 0.825. The van der Waals surface area contributed by atoms with Crippen LogP contribution in [-0.2, 0) is 22.9 Å². The molecule has 1 aliphatic carbocycles. The Balaban J connectivity index is 1.68. The van der Waals surface area contributed by atoms with Crippen LogP contribution in [0.15, 0.2) is 23.1 Å². The third-order valence-corrected chi connectivity index (χ3v) is 6.92. The molecule has 24 heavy (non-hydrogen) atoms. The van der Waals surface area contributed by atoms with E-state index in [1.165, 1.54) is 11.1 Å². The predicted octanol–water partition coefficient (Wildman–Crippen LogP) is 1.76. The van der Waals surface area contributed by atoms with Crippen molar-refractivity contribution in [1.82, 2.24) is 14.5 Å². The van der Waals surface area contributed by atoms with Gasteiger partial charge in [-0.15, -0.1) is 0 Å². The summed E-state index contributed by atoms with van der Waals surface area (Å²) in [5, 5.41) is 3.92. The van der Waals surface area contributed by atoms with Crippen molar-refractivity contribution in [2.24, 2.45) is 0 Å². The van der Waals surface area contributed by atoms with E-state index in [1.54, 1.807) is 10.4 Å². The van der Waals surface area contributed by atoms with E-state index in [-0.39, 0.29) is 6.04 Å². The molecule has 5 nitrogen and oxygen atoms in total. The van der Waals surface area contributed by atoms with Crippen LogP contribution in [0.25, 0.3) is 0 Å². The molecule has 1 aromatic rings. The molecule has 0 spiro atoms. The molecule has 0 atom stereocenters. The van der Waals surface area contributed by atoms with Crippen LogP contribution in [0.3, 0.4) is 0 Å². The van der Waals surface area contributed by atoms with Gasteiger partial charge in [0.2, 0.25) is 10.0 Å². The smallest absolute Gasteiger partial charge is 0.243 e. The second kappa shape index (κ2) is 6.98. The summed E-state index contributed by atoms with van der Waals surface area (Å²) in [4.78, 5) is 2.48. The van der Waals surface area contributed by atoms with Crippen LogP contribution in [-0.4, -0.2) is 55.0 Å². The van der Waals surface area contributed by atoms with E-state index in [1.807, 2.05) is 30.9 Å². The molecule has 3 rings (SSSR count). The van der Waals surface area contributed by atoms with Gasteiger partial charge in [0, 0.05) is 32.2 Å². The van der Waals surface area contributed by atoms with Crippen LogP contribution in [0.5, 0.6) is 0 Å². The van der Waals surface area contributed by atoms with Crippen molar-refractivity contribution in [3.63, 3.8) is 0 Å². The third kappa shape index (κ3) is 3.58. The number of hydrogen-bond acceptors (Lipinski definition) is 3. The molecule has 1 fully saturated rings. The Morgan fingerprint density at radius 2 is 1.79 bits per heavy atom.